The van der Waals surface area contributed by atoms with E-state index in [1.807, 2.05) is 12.1 Å². The first-order valence-corrected chi connectivity index (χ1v) is 7.58. The van der Waals surface area contributed by atoms with E-state index in [1.165, 1.54) is 31.2 Å². The van der Waals surface area contributed by atoms with E-state index in [0.29, 0.717) is 12.1 Å². The molecule has 2 atom stereocenters. The van der Waals surface area contributed by atoms with Gasteiger partial charge in [-0.25, -0.2) is 0 Å². The fourth-order valence-corrected chi connectivity index (χ4v) is 3.22. The van der Waals surface area contributed by atoms with Gasteiger partial charge in [0.1, 0.15) is 5.75 Å². The molecule has 0 saturated heterocycles. The summed E-state index contributed by atoms with van der Waals surface area (Å²) in [6.45, 7) is 4.64. The van der Waals surface area contributed by atoms with Gasteiger partial charge in [-0.1, -0.05) is 25.0 Å². The molecule has 1 N–H and O–H groups in total. The summed E-state index contributed by atoms with van der Waals surface area (Å²) < 4.78 is 5.19. The third kappa shape index (κ3) is 4.24. The average molecular weight is 261 g/mol. The molecule has 2 nitrogen and oxygen atoms in total. The van der Waals surface area contributed by atoms with Gasteiger partial charge >= 0.3 is 0 Å². The minimum absolute atomic E-state index is 0.531. The first-order valence-electron chi connectivity index (χ1n) is 7.58. The second-order valence-electron chi connectivity index (χ2n) is 5.95. The molecule has 0 heterocycles. The van der Waals surface area contributed by atoms with Gasteiger partial charge in [0.05, 0.1) is 7.11 Å². The lowest BCUT2D eigenvalue weighted by Crippen LogP contribution is -2.39. The van der Waals surface area contributed by atoms with E-state index in [0.717, 1.165) is 18.1 Å². The Morgan fingerprint density at radius 3 is 2.37 bits per heavy atom. The van der Waals surface area contributed by atoms with Gasteiger partial charge in [0, 0.05) is 12.1 Å². The van der Waals surface area contributed by atoms with Crippen molar-refractivity contribution in [3.63, 3.8) is 0 Å². The molecule has 0 aliphatic heterocycles. The van der Waals surface area contributed by atoms with Crippen LogP contribution in [0.3, 0.4) is 0 Å². The third-order valence-corrected chi connectivity index (χ3v) is 4.36. The number of hydrogen-bond donors (Lipinski definition) is 1. The fraction of sp³-hybridized carbons (Fsp3) is 0.647. The Balaban J connectivity index is 1.80. The molecule has 0 radical (unpaired) electrons. The van der Waals surface area contributed by atoms with Gasteiger partial charge in [-0.05, 0) is 56.7 Å². The second kappa shape index (κ2) is 6.95. The minimum atomic E-state index is 0.531. The van der Waals surface area contributed by atoms with Crippen LogP contribution in [0.25, 0.3) is 0 Å². The highest BCUT2D eigenvalue weighted by atomic mass is 16.5. The van der Waals surface area contributed by atoms with Crippen molar-refractivity contribution in [2.75, 3.05) is 7.11 Å². The number of ether oxygens (including phenoxy) is 1. The molecule has 2 rings (SSSR count). The summed E-state index contributed by atoms with van der Waals surface area (Å²) in [4.78, 5) is 0. The van der Waals surface area contributed by atoms with E-state index in [1.54, 1.807) is 7.11 Å². The molecule has 1 saturated carbocycles. The maximum atomic E-state index is 5.19. The number of benzene rings is 1. The second-order valence-corrected chi connectivity index (χ2v) is 5.95. The molecular formula is C17H27NO. The van der Waals surface area contributed by atoms with Crippen molar-refractivity contribution >= 4 is 0 Å². The topological polar surface area (TPSA) is 21.3 Å². The predicted octanol–water partition coefficient (Wildman–Crippen LogP) is 3.79. The zero-order valence-electron chi connectivity index (χ0n) is 12.5. The van der Waals surface area contributed by atoms with Crippen molar-refractivity contribution in [3.8, 4) is 5.75 Å². The van der Waals surface area contributed by atoms with E-state index >= 15 is 0 Å². The summed E-state index contributed by atoms with van der Waals surface area (Å²) >= 11 is 0. The van der Waals surface area contributed by atoms with Gasteiger partial charge in [-0.2, -0.15) is 0 Å². The van der Waals surface area contributed by atoms with Gasteiger partial charge in [-0.3, -0.25) is 0 Å². The number of methoxy groups -OCH3 is 1. The zero-order chi connectivity index (χ0) is 13.7. The molecule has 19 heavy (non-hydrogen) atoms. The Labute approximate surface area is 117 Å². The van der Waals surface area contributed by atoms with Crippen LogP contribution in [0, 0.1) is 5.92 Å². The Morgan fingerprint density at radius 2 is 1.79 bits per heavy atom. The maximum Gasteiger partial charge on any atom is 0.118 e. The number of nitrogens with one attached hydrogen (secondary N) is 1. The molecular weight excluding hydrogens is 234 g/mol. The molecule has 2 heteroatoms. The van der Waals surface area contributed by atoms with E-state index < -0.39 is 0 Å². The van der Waals surface area contributed by atoms with Crippen molar-refractivity contribution in [1.82, 2.24) is 5.32 Å². The highest BCUT2D eigenvalue weighted by molar-refractivity contribution is 5.27. The molecule has 1 aromatic carbocycles. The zero-order valence-corrected chi connectivity index (χ0v) is 12.5. The van der Waals surface area contributed by atoms with E-state index in [9.17, 15) is 0 Å². The molecule has 1 aliphatic carbocycles. The molecule has 106 valence electrons. The molecule has 0 aromatic heterocycles. The smallest absolute Gasteiger partial charge is 0.118 e. The molecule has 0 spiro atoms. The van der Waals surface area contributed by atoms with Crippen LogP contribution in [0.2, 0.25) is 0 Å². The Hall–Kier alpha value is -1.02. The molecule has 0 bridgehead atoms. The fourth-order valence-electron chi connectivity index (χ4n) is 3.22. The summed E-state index contributed by atoms with van der Waals surface area (Å²) in [5.74, 6) is 1.82. The van der Waals surface area contributed by atoms with Crippen molar-refractivity contribution in [3.05, 3.63) is 29.8 Å². The lowest BCUT2D eigenvalue weighted by molar-refractivity contribution is 0.348. The minimum Gasteiger partial charge on any atom is -0.497 e. The van der Waals surface area contributed by atoms with E-state index in [4.69, 9.17) is 4.74 Å². The van der Waals surface area contributed by atoms with Crippen LogP contribution >= 0.6 is 0 Å². The summed E-state index contributed by atoms with van der Waals surface area (Å²) in [5, 5.41) is 3.77. The van der Waals surface area contributed by atoms with Gasteiger partial charge in [-0.15, -0.1) is 0 Å². The highest BCUT2D eigenvalue weighted by Crippen LogP contribution is 2.27. The molecule has 1 aliphatic rings. The Bertz CT molecular complexity index is 367. The van der Waals surface area contributed by atoms with Gasteiger partial charge < -0.3 is 10.1 Å². The number of hydrogen-bond acceptors (Lipinski definition) is 2. The lowest BCUT2D eigenvalue weighted by atomic mass is 9.98. The molecule has 0 amide bonds. The summed E-state index contributed by atoms with van der Waals surface area (Å²) in [5.41, 5.74) is 1.37. The van der Waals surface area contributed by atoms with Crippen LogP contribution < -0.4 is 10.1 Å². The summed E-state index contributed by atoms with van der Waals surface area (Å²) in [6.07, 6.45) is 6.74. The van der Waals surface area contributed by atoms with Gasteiger partial charge in [0.2, 0.25) is 0 Å². The largest absolute Gasteiger partial charge is 0.497 e. The average Bonchev–Trinajstić information content (AvgIpc) is 2.93. The predicted molar refractivity (Wildman–Crippen MR) is 80.7 cm³/mol. The monoisotopic (exact) mass is 261 g/mol. The van der Waals surface area contributed by atoms with Crippen LogP contribution in [0.1, 0.15) is 45.1 Å². The van der Waals surface area contributed by atoms with Crippen LogP contribution in [0.4, 0.5) is 0 Å². The molecule has 1 fully saturated rings. The Kier molecular flexibility index (Phi) is 5.26. The molecule has 1 unspecified atom stereocenters. The van der Waals surface area contributed by atoms with Crippen LogP contribution in [-0.4, -0.2) is 19.2 Å². The molecule has 1 aromatic rings. The summed E-state index contributed by atoms with van der Waals surface area (Å²) in [7, 11) is 1.71. The van der Waals surface area contributed by atoms with Crippen LogP contribution in [0.15, 0.2) is 24.3 Å². The quantitative estimate of drug-likeness (QED) is 0.841. The SMILES string of the molecule is COc1ccc(CC(C)N[C@H](C)C2CCCC2)cc1. The Morgan fingerprint density at radius 1 is 1.16 bits per heavy atom. The van der Waals surface area contributed by atoms with Crippen LogP contribution in [0.5, 0.6) is 5.75 Å². The third-order valence-electron chi connectivity index (χ3n) is 4.36. The van der Waals surface area contributed by atoms with Crippen molar-refractivity contribution in [1.29, 1.82) is 0 Å². The normalized spacial score (nSPS) is 19.3. The van der Waals surface area contributed by atoms with Crippen molar-refractivity contribution in [2.45, 2.75) is 58.0 Å². The highest BCUT2D eigenvalue weighted by Gasteiger charge is 2.22. The maximum absolute atomic E-state index is 5.19. The van der Waals surface area contributed by atoms with Crippen LogP contribution in [-0.2, 0) is 6.42 Å². The van der Waals surface area contributed by atoms with Crippen molar-refractivity contribution in [2.24, 2.45) is 5.92 Å². The van der Waals surface area contributed by atoms with E-state index in [-0.39, 0.29) is 0 Å². The summed E-state index contributed by atoms with van der Waals surface area (Å²) in [6, 6.07) is 9.60. The standard InChI is InChI=1S/C17H27NO/c1-13(18-14(2)16-6-4-5-7-16)12-15-8-10-17(19-3)11-9-15/h8-11,13-14,16,18H,4-7,12H2,1-3H3/t13?,14-/m1/s1. The van der Waals surface area contributed by atoms with E-state index in [2.05, 4.69) is 31.3 Å². The van der Waals surface area contributed by atoms with Gasteiger partial charge in [0.15, 0.2) is 0 Å². The van der Waals surface area contributed by atoms with Gasteiger partial charge in [0.25, 0.3) is 0 Å². The number of rotatable bonds is 6. The first kappa shape index (κ1) is 14.4. The lowest BCUT2D eigenvalue weighted by Gasteiger charge is -2.25. The van der Waals surface area contributed by atoms with Crippen molar-refractivity contribution < 1.29 is 4.74 Å². The first-order chi connectivity index (χ1) is 9.19.